The zero-order valence-electron chi connectivity index (χ0n) is 20.8. The summed E-state index contributed by atoms with van der Waals surface area (Å²) in [4.78, 5) is 25.8. The molecule has 1 saturated heterocycles. The summed E-state index contributed by atoms with van der Waals surface area (Å²) >= 11 is 6.09. The SMILES string of the molecule is CS(=O)(=O)NC(=O)c1ccccc1OC[C@H](CN1CCC2(CC1)Cc1cc(Cl)ccc1O2)OC(=O)C(F)(F)F. The van der Waals surface area contributed by atoms with E-state index in [1.807, 2.05) is 17.0 Å². The van der Waals surface area contributed by atoms with Crippen molar-refractivity contribution in [3.63, 3.8) is 0 Å². The lowest BCUT2D eigenvalue weighted by Crippen LogP contribution is -2.50. The molecule has 2 heterocycles. The number of likely N-dealkylation sites (tertiary alicyclic amines) is 1. The van der Waals surface area contributed by atoms with Crippen molar-refractivity contribution in [2.45, 2.75) is 37.1 Å². The van der Waals surface area contributed by atoms with E-state index in [1.165, 1.54) is 24.3 Å². The molecular formula is C25H26ClF3N2O7S. The molecule has 1 fully saturated rings. The van der Waals surface area contributed by atoms with Crippen LogP contribution in [0.15, 0.2) is 42.5 Å². The molecule has 0 unspecified atom stereocenters. The lowest BCUT2D eigenvalue weighted by Gasteiger charge is -2.39. The van der Waals surface area contributed by atoms with E-state index in [2.05, 4.69) is 0 Å². The normalized spacial score (nSPS) is 17.7. The second kappa shape index (κ2) is 11.2. The van der Waals surface area contributed by atoms with Gasteiger partial charge in [-0.2, -0.15) is 13.2 Å². The number of fused-ring (bicyclic) bond motifs is 1. The van der Waals surface area contributed by atoms with Crippen LogP contribution in [0.3, 0.4) is 0 Å². The number of nitrogens with zero attached hydrogens (tertiary/aromatic N) is 1. The van der Waals surface area contributed by atoms with Gasteiger partial charge in [-0.05, 0) is 35.9 Å². The fraction of sp³-hybridized carbons (Fsp3) is 0.440. The van der Waals surface area contributed by atoms with Crippen LogP contribution in [0.5, 0.6) is 11.5 Å². The van der Waals surface area contributed by atoms with Gasteiger partial charge in [0, 0.05) is 43.9 Å². The number of carbonyl (C=O) groups excluding carboxylic acids is 2. The van der Waals surface area contributed by atoms with Crippen molar-refractivity contribution < 1.29 is 45.4 Å². The number of esters is 1. The number of ether oxygens (including phenoxy) is 3. The molecule has 9 nitrogen and oxygen atoms in total. The van der Waals surface area contributed by atoms with Gasteiger partial charge in [-0.25, -0.2) is 17.9 Å². The predicted octanol–water partition coefficient (Wildman–Crippen LogP) is 3.35. The fourth-order valence-corrected chi connectivity index (χ4v) is 5.28. The van der Waals surface area contributed by atoms with Gasteiger partial charge in [0.1, 0.15) is 29.8 Å². The number of benzene rings is 2. The van der Waals surface area contributed by atoms with Crippen molar-refractivity contribution in [2.24, 2.45) is 0 Å². The van der Waals surface area contributed by atoms with Crippen LogP contribution in [0.4, 0.5) is 13.2 Å². The summed E-state index contributed by atoms with van der Waals surface area (Å²) in [6.07, 6.45) is -3.89. The maximum Gasteiger partial charge on any atom is 0.490 e. The first-order valence-electron chi connectivity index (χ1n) is 11.9. The third kappa shape index (κ3) is 7.55. The zero-order chi connectivity index (χ0) is 28.4. The number of hydrogen-bond acceptors (Lipinski definition) is 8. The summed E-state index contributed by atoms with van der Waals surface area (Å²) in [6.45, 7) is 0.367. The van der Waals surface area contributed by atoms with Crippen molar-refractivity contribution in [2.75, 3.05) is 32.5 Å². The van der Waals surface area contributed by atoms with Crippen LogP contribution in [0, 0.1) is 0 Å². The molecule has 2 aromatic carbocycles. The Labute approximate surface area is 228 Å². The Morgan fingerprint density at radius 1 is 1.18 bits per heavy atom. The van der Waals surface area contributed by atoms with Crippen molar-refractivity contribution in [1.29, 1.82) is 0 Å². The molecule has 0 radical (unpaired) electrons. The van der Waals surface area contributed by atoms with Gasteiger partial charge >= 0.3 is 12.1 Å². The quantitative estimate of drug-likeness (QED) is 0.466. The highest BCUT2D eigenvalue weighted by molar-refractivity contribution is 7.89. The Morgan fingerprint density at radius 2 is 1.87 bits per heavy atom. The Hall–Kier alpha value is -3.03. The number of para-hydroxylation sites is 1. The second-order valence-corrected chi connectivity index (χ2v) is 11.7. The topological polar surface area (TPSA) is 111 Å². The number of amides is 1. The number of hydrogen-bond donors (Lipinski definition) is 1. The Morgan fingerprint density at radius 3 is 2.54 bits per heavy atom. The van der Waals surface area contributed by atoms with E-state index in [9.17, 15) is 31.2 Å². The third-order valence-corrected chi connectivity index (χ3v) is 7.22. The van der Waals surface area contributed by atoms with Gasteiger partial charge in [0.15, 0.2) is 0 Å². The van der Waals surface area contributed by atoms with Gasteiger partial charge in [0.05, 0.1) is 11.8 Å². The largest absolute Gasteiger partial charge is 0.490 e. The molecule has 0 bridgehead atoms. The third-order valence-electron chi connectivity index (χ3n) is 6.43. The summed E-state index contributed by atoms with van der Waals surface area (Å²) in [5, 5.41) is 0.608. The van der Waals surface area contributed by atoms with Crippen LogP contribution in [-0.2, 0) is 26.0 Å². The second-order valence-electron chi connectivity index (χ2n) is 9.55. The molecule has 1 amide bonds. The average Bonchev–Trinajstić information content (AvgIpc) is 3.19. The highest BCUT2D eigenvalue weighted by atomic mass is 35.5. The van der Waals surface area contributed by atoms with Crippen molar-refractivity contribution in [1.82, 2.24) is 9.62 Å². The average molecular weight is 591 g/mol. The number of alkyl halides is 3. The number of nitrogens with one attached hydrogen (secondary N) is 1. The van der Waals surface area contributed by atoms with E-state index < -0.39 is 46.4 Å². The number of piperidine rings is 1. The van der Waals surface area contributed by atoms with Crippen LogP contribution in [-0.4, -0.2) is 75.6 Å². The number of halogens is 4. The van der Waals surface area contributed by atoms with Crippen LogP contribution in [0.1, 0.15) is 28.8 Å². The smallest absolute Gasteiger partial charge is 0.489 e. The van der Waals surface area contributed by atoms with Crippen LogP contribution in [0.2, 0.25) is 5.02 Å². The minimum atomic E-state index is -5.21. The minimum absolute atomic E-state index is 0.0611. The summed E-state index contributed by atoms with van der Waals surface area (Å²) in [5.74, 6) is -2.66. The number of sulfonamides is 1. The number of carbonyl (C=O) groups is 2. The van der Waals surface area contributed by atoms with Gasteiger partial charge < -0.3 is 14.2 Å². The molecular weight excluding hydrogens is 565 g/mol. The molecule has 212 valence electrons. The van der Waals surface area contributed by atoms with E-state index in [0.717, 1.165) is 17.6 Å². The van der Waals surface area contributed by atoms with Gasteiger partial charge in [-0.3, -0.25) is 9.69 Å². The Balaban J connectivity index is 1.42. The first-order valence-corrected chi connectivity index (χ1v) is 14.2. The molecule has 2 aromatic rings. The summed E-state index contributed by atoms with van der Waals surface area (Å²) < 4.78 is 80.1. The van der Waals surface area contributed by atoms with E-state index >= 15 is 0 Å². The lowest BCUT2D eigenvalue weighted by atomic mass is 9.87. The van der Waals surface area contributed by atoms with E-state index in [4.69, 9.17) is 25.8 Å². The zero-order valence-corrected chi connectivity index (χ0v) is 22.4. The molecule has 2 aliphatic heterocycles. The van der Waals surface area contributed by atoms with Gasteiger partial charge in [0.2, 0.25) is 10.0 Å². The first kappa shape index (κ1) is 29.0. The molecule has 1 spiro atoms. The molecule has 2 aliphatic rings. The van der Waals surface area contributed by atoms with E-state index in [0.29, 0.717) is 37.4 Å². The van der Waals surface area contributed by atoms with Crippen molar-refractivity contribution in [3.05, 3.63) is 58.6 Å². The van der Waals surface area contributed by atoms with E-state index in [-0.39, 0.29) is 17.9 Å². The molecule has 0 aliphatic carbocycles. The monoisotopic (exact) mass is 590 g/mol. The summed E-state index contributed by atoms with van der Waals surface area (Å²) in [6, 6.07) is 11.0. The fourth-order valence-electron chi connectivity index (χ4n) is 4.64. The highest BCUT2D eigenvalue weighted by Gasteiger charge is 2.44. The molecule has 0 aromatic heterocycles. The van der Waals surface area contributed by atoms with Gasteiger partial charge in [-0.1, -0.05) is 23.7 Å². The summed E-state index contributed by atoms with van der Waals surface area (Å²) in [5.41, 5.74) is 0.408. The number of rotatable bonds is 8. The highest BCUT2D eigenvalue weighted by Crippen LogP contribution is 2.42. The van der Waals surface area contributed by atoms with Gasteiger partial charge in [0.25, 0.3) is 5.91 Å². The molecule has 39 heavy (non-hydrogen) atoms. The predicted molar refractivity (Wildman–Crippen MR) is 134 cm³/mol. The van der Waals surface area contributed by atoms with Crippen molar-refractivity contribution in [3.8, 4) is 11.5 Å². The maximum absolute atomic E-state index is 13.0. The first-order chi connectivity index (χ1) is 18.2. The maximum atomic E-state index is 13.0. The standard InChI is InChI=1S/C25H26ClF3N2O7S/c1-39(34,35)30-22(32)19-4-2-3-5-21(19)36-15-18(37-23(33)25(27,28)29)14-31-10-8-24(9-11-31)13-16-12-17(26)6-7-20(16)38-24/h2-7,12,18H,8-11,13-15H2,1H3,(H,30,32)/t18-/m0/s1. The Bertz CT molecular complexity index is 1350. The molecule has 0 saturated carbocycles. The molecule has 14 heteroatoms. The van der Waals surface area contributed by atoms with Crippen molar-refractivity contribution >= 4 is 33.5 Å². The Kier molecular flexibility index (Phi) is 8.33. The minimum Gasteiger partial charge on any atom is -0.489 e. The van der Waals surface area contributed by atoms with Gasteiger partial charge in [-0.15, -0.1) is 0 Å². The van der Waals surface area contributed by atoms with E-state index in [1.54, 1.807) is 10.8 Å². The lowest BCUT2D eigenvalue weighted by molar-refractivity contribution is -0.206. The van der Waals surface area contributed by atoms with Crippen LogP contribution < -0.4 is 14.2 Å². The molecule has 1 atom stereocenters. The molecule has 4 rings (SSSR count). The van der Waals surface area contributed by atoms with Crippen LogP contribution in [0.25, 0.3) is 0 Å². The van der Waals surface area contributed by atoms with Crippen LogP contribution >= 0.6 is 11.6 Å². The molecule has 1 N–H and O–H groups in total. The summed E-state index contributed by atoms with van der Waals surface area (Å²) in [7, 11) is -3.87.